The fourth-order valence-corrected chi connectivity index (χ4v) is 7.13. The number of ether oxygens (including phenoxy) is 1. The number of hydrogen-bond acceptors (Lipinski definition) is 8. The van der Waals surface area contributed by atoms with Crippen molar-refractivity contribution in [2.24, 2.45) is 27.5 Å². The number of phenols is 1. The van der Waals surface area contributed by atoms with E-state index in [4.69, 9.17) is 16.2 Å². The maximum atomic E-state index is 11.8. The molecule has 3 aromatic rings. The number of anilines is 2. The van der Waals surface area contributed by atoms with Crippen LogP contribution in [0.2, 0.25) is 0 Å². The highest BCUT2D eigenvalue weighted by Crippen LogP contribution is 2.61. The molecule has 0 amide bonds. The number of aryl methyl sites for hydroxylation is 1. The van der Waals surface area contributed by atoms with Gasteiger partial charge in [-0.2, -0.15) is 5.11 Å². The molecule has 0 bridgehead atoms. The van der Waals surface area contributed by atoms with Crippen LogP contribution < -0.4 is 11.5 Å². The first kappa shape index (κ1) is 30.3. The number of phenolic OH excluding ortho intramolecular Hbond substituents is 1. The summed E-state index contributed by atoms with van der Waals surface area (Å²) in [5.41, 5.74) is 15.3. The highest BCUT2D eigenvalue weighted by molar-refractivity contribution is 5.85. The number of aromatic hydroxyl groups is 1. The maximum absolute atomic E-state index is 11.8. The summed E-state index contributed by atoms with van der Waals surface area (Å²) in [6.07, 6.45) is 7.38. The topological polar surface area (TPSA) is 136 Å². The Morgan fingerprint density at radius 3 is 2.56 bits per heavy atom. The molecule has 2 aromatic carbocycles. The number of nitrogen functional groups attached to an aromatic ring is 2. The van der Waals surface area contributed by atoms with E-state index in [2.05, 4.69) is 28.2 Å². The average molecular weight is 578 g/mol. The zero-order valence-corrected chi connectivity index (χ0v) is 24.5. The normalized spacial score (nSPS) is 26.0. The first-order valence-electron chi connectivity index (χ1n) is 14.3. The first-order chi connectivity index (χ1) is 19.3. The molecule has 0 radical (unpaired) electrons. The highest BCUT2D eigenvalue weighted by atomic mass is 35.5. The van der Waals surface area contributed by atoms with Gasteiger partial charge in [-0.3, -0.25) is 4.79 Å². The summed E-state index contributed by atoms with van der Waals surface area (Å²) in [5.74, 6) is 2.97. The Balaban J connectivity index is 0.000000200. The summed E-state index contributed by atoms with van der Waals surface area (Å²) in [4.78, 5) is 15.7. The van der Waals surface area contributed by atoms with Gasteiger partial charge in [-0.15, -0.1) is 17.5 Å². The molecule has 2 saturated carbocycles. The Morgan fingerprint density at radius 2 is 1.83 bits per heavy atom. The van der Waals surface area contributed by atoms with Crippen LogP contribution in [0.1, 0.15) is 69.4 Å². The average Bonchev–Trinajstić information content (AvgIpc) is 3.29. The van der Waals surface area contributed by atoms with E-state index in [1.54, 1.807) is 12.1 Å². The highest BCUT2D eigenvalue weighted by Gasteiger charge is 2.56. The maximum Gasteiger partial charge on any atom is 0.305 e. The molecule has 5 atom stereocenters. The number of fused-ring (bicyclic) bond motifs is 5. The molecule has 0 saturated heterocycles. The third kappa shape index (κ3) is 6.48. The number of nitrogens with zero attached hydrogens (tertiary/aromatic N) is 3. The Hall–Kier alpha value is -3.65. The van der Waals surface area contributed by atoms with Crippen LogP contribution in [-0.4, -0.2) is 22.2 Å². The van der Waals surface area contributed by atoms with Gasteiger partial charge in [0.15, 0.2) is 5.82 Å². The second-order valence-electron chi connectivity index (χ2n) is 11.4. The van der Waals surface area contributed by atoms with Crippen molar-refractivity contribution in [3.8, 4) is 5.75 Å². The van der Waals surface area contributed by atoms with E-state index in [0.29, 0.717) is 41.4 Å². The summed E-state index contributed by atoms with van der Waals surface area (Å²) >= 11 is 0. The Bertz CT molecular complexity index is 1390. The predicted octanol–water partition coefficient (Wildman–Crippen LogP) is 7.65. The van der Waals surface area contributed by atoms with Crippen molar-refractivity contribution >= 4 is 41.4 Å². The van der Waals surface area contributed by atoms with E-state index in [9.17, 15) is 9.90 Å². The van der Waals surface area contributed by atoms with Crippen LogP contribution in [0.5, 0.6) is 5.75 Å². The lowest BCUT2D eigenvalue weighted by Gasteiger charge is -2.50. The van der Waals surface area contributed by atoms with Crippen LogP contribution in [0.3, 0.4) is 0 Å². The fourth-order valence-electron chi connectivity index (χ4n) is 7.13. The van der Waals surface area contributed by atoms with Crippen LogP contribution in [-0.2, 0) is 16.0 Å². The lowest BCUT2D eigenvalue weighted by Crippen LogP contribution is -2.45. The third-order valence-corrected chi connectivity index (χ3v) is 9.14. The zero-order chi connectivity index (χ0) is 28.3. The van der Waals surface area contributed by atoms with Gasteiger partial charge in [0.05, 0.1) is 5.69 Å². The number of carbonyl (C=O) groups excluding carboxylic acids is 1. The lowest BCUT2D eigenvalue weighted by molar-refractivity contribution is -0.157. The monoisotopic (exact) mass is 577 g/mol. The minimum Gasteiger partial charge on any atom is -0.508 e. The molecule has 218 valence electrons. The minimum atomic E-state index is -0.0477. The number of halogens is 1. The molecule has 3 aliphatic carbocycles. The third-order valence-electron chi connectivity index (χ3n) is 9.14. The number of rotatable bonds is 4. The van der Waals surface area contributed by atoms with Crippen molar-refractivity contribution in [1.29, 1.82) is 0 Å². The number of esters is 1. The quantitative estimate of drug-likeness (QED) is 0.215. The zero-order valence-electron chi connectivity index (χ0n) is 23.7. The summed E-state index contributed by atoms with van der Waals surface area (Å²) in [6, 6.07) is 18.7. The van der Waals surface area contributed by atoms with Gasteiger partial charge in [-0.25, -0.2) is 4.98 Å². The molecule has 6 rings (SSSR count). The molecule has 8 nitrogen and oxygen atoms in total. The van der Waals surface area contributed by atoms with Crippen LogP contribution in [0.4, 0.5) is 23.0 Å². The Kier molecular flexibility index (Phi) is 9.53. The van der Waals surface area contributed by atoms with Crippen LogP contribution in [0, 0.1) is 17.3 Å². The number of benzene rings is 2. The predicted molar refractivity (Wildman–Crippen MR) is 164 cm³/mol. The molecule has 5 N–H and O–H groups in total. The fraction of sp³-hybridized carbons (Fsp3) is 0.438. The number of hydrogen-bond donors (Lipinski definition) is 3. The summed E-state index contributed by atoms with van der Waals surface area (Å²) in [5, 5.41) is 17.8. The van der Waals surface area contributed by atoms with Gasteiger partial charge < -0.3 is 21.3 Å². The SMILES string of the molecule is CCC(=O)OC1CCC2C3CCc4cc(O)ccc4C3CCC12C.Cl.Nc1ccc(N=Nc2ccccc2)c(N)n1. The van der Waals surface area contributed by atoms with Gasteiger partial charge in [0, 0.05) is 11.8 Å². The van der Waals surface area contributed by atoms with Crippen molar-refractivity contribution in [3.05, 3.63) is 71.8 Å². The molecular weight excluding hydrogens is 538 g/mol. The van der Waals surface area contributed by atoms with Crippen LogP contribution >= 0.6 is 12.4 Å². The molecule has 41 heavy (non-hydrogen) atoms. The standard InChI is InChI=1S/C21H28O3.C11H11N5.ClH/c1-3-20(23)24-19-9-8-18-17-6-4-13-12-14(22)5-7-15(13)16(17)10-11-21(18,19)2;12-10-7-6-9(11(13)14-10)16-15-8-4-2-1-3-5-8;/h5,7,12,16-19,22H,3-4,6,8-11H2,1-2H3;1-7H,(H4,12,13,14);1H. The van der Waals surface area contributed by atoms with Crippen LogP contribution in [0.25, 0.3) is 0 Å². The van der Waals surface area contributed by atoms with Crippen molar-refractivity contribution in [3.63, 3.8) is 0 Å². The van der Waals surface area contributed by atoms with Gasteiger partial charge in [-0.1, -0.05) is 38.1 Å². The molecule has 1 heterocycles. The Labute approximate surface area is 248 Å². The molecule has 5 unspecified atom stereocenters. The number of carbonyl (C=O) groups is 1. The van der Waals surface area contributed by atoms with E-state index in [1.165, 1.54) is 30.4 Å². The smallest absolute Gasteiger partial charge is 0.305 e. The number of pyridine rings is 1. The van der Waals surface area contributed by atoms with Gasteiger partial charge in [0.1, 0.15) is 23.4 Å². The van der Waals surface area contributed by atoms with Crippen molar-refractivity contribution in [1.82, 2.24) is 4.98 Å². The minimum absolute atomic E-state index is 0. The largest absolute Gasteiger partial charge is 0.508 e. The Morgan fingerprint density at radius 1 is 1.05 bits per heavy atom. The second-order valence-corrected chi connectivity index (χ2v) is 11.4. The van der Waals surface area contributed by atoms with Crippen molar-refractivity contribution in [2.45, 2.75) is 70.8 Å². The van der Waals surface area contributed by atoms with E-state index in [1.807, 2.05) is 49.4 Å². The summed E-state index contributed by atoms with van der Waals surface area (Å²) in [6.45, 7) is 4.24. The molecule has 0 aliphatic heterocycles. The number of azo groups is 1. The van der Waals surface area contributed by atoms with Gasteiger partial charge in [-0.05, 0) is 104 Å². The van der Waals surface area contributed by atoms with E-state index in [-0.39, 0.29) is 35.7 Å². The number of nitrogens with two attached hydrogens (primary N) is 2. The van der Waals surface area contributed by atoms with Gasteiger partial charge in [0.2, 0.25) is 0 Å². The van der Waals surface area contributed by atoms with Crippen molar-refractivity contribution < 1.29 is 14.6 Å². The van der Waals surface area contributed by atoms with Crippen LogP contribution in [0.15, 0.2) is 70.9 Å². The number of aromatic nitrogens is 1. The summed E-state index contributed by atoms with van der Waals surface area (Å²) in [7, 11) is 0. The van der Waals surface area contributed by atoms with E-state index in [0.717, 1.165) is 24.9 Å². The molecular formula is C32H40ClN5O3. The van der Waals surface area contributed by atoms with Gasteiger partial charge in [0.25, 0.3) is 0 Å². The molecule has 3 aliphatic rings. The van der Waals surface area contributed by atoms with E-state index >= 15 is 0 Å². The van der Waals surface area contributed by atoms with E-state index < -0.39 is 0 Å². The molecule has 9 heteroatoms. The summed E-state index contributed by atoms with van der Waals surface area (Å²) < 4.78 is 5.83. The molecule has 1 aromatic heterocycles. The lowest BCUT2D eigenvalue weighted by atomic mass is 9.55. The molecule has 2 fully saturated rings. The van der Waals surface area contributed by atoms with Gasteiger partial charge >= 0.3 is 5.97 Å². The molecule has 0 spiro atoms. The second kappa shape index (κ2) is 12.9. The first-order valence-corrected chi connectivity index (χ1v) is 14.3. The van der Waals surface area contributed by atoms with Crippen molar-refractivity contribution in [2.75, 3.05) is 11.5 Å².